The molecule has 0 aromatic heterocycles. The molecule has 2 unspecified atom stereocenters. The van der Waals surface area contributed by atoms with Gasteiger partial charge in [-0.1, -0.05) is 42.5 Å². The smallest absolute Gasteiger partial charge is 0.385 e. The van der Waals surface area contributed by atoms with Crippen LogP contribution in [-0.2, 0) is 16.6 Å². The monoisotopic (exact) mass is 389 g/mol. The molecule has 4 rings (SSSR count). The second-order valence-corrected chi connectivity index (χ2v) is 7.79. The maximum atomic E-state index is 13.0. The molecule has 1 N–H and O–H groups in total. The standard InChI is InChI=1S/C22H22F3NO2/c23-22(24,25)17-8-4-7-16(13-17)21(28)9-11-26(12-10-21)20(27)19-14-18(19)15-5-2-1-3-6-15/h1-8,13,18-19,28H,9-12,14H2. The van der Waals surface area contributed by atoms with Gasteiger partial charge < -0.3 is 10.0 Å². The van der Waals surface area contributed by atoms with E-state index in [9.17, 15) is 23.1 Å². The summed E-state index contributed by atoms with van der Waals surface area (Å²) in [4.78, 5) is 14.5. The van der Waals surface area contributed by atoms with Crippen molar-refractivity contribution >= 4 is 5.91 Å². The Balaban J connectivity index is 1.40. The number of carbonyl (C=O) groups is 1. The fraction of sp³-hybridized carbons (Fsp3) is 0.409. The summed E-state index contributed by atoms with van der Waals surface area (Å²) in [6.45, 7) is 0.702. The van der Waals surface area contributed by atoms with Crippen molar-refractivity contribution in [2.24, 2.45) is 5.92 Å². The van der Waals surface area contributed by atoms with E-state index in [4.69, 9.17) is 0 Å². The summed E-state index contributed by atoms with van der Waals surface area (Å²) in [6, 6.07) is 14.8. The molecule has 0 spiro atoms. The van der Waals surface area contributed by atoms with Crippen molar-refractivity contribution in [1.29, 1.82) is 0 Å². The molecule has 1 aliphatic carbocycles. The quantitative estimate of drug-likeness (QED) is 0.849. The number of benzene rings is 2. The van der Waals surface area contributed by atoms with Crippen molar-refractivity contribution < 1.29 is 23.1 Å². The highest BCUT2D eigenvalue weighted by atomic mass is 19.4. The molecule has 1 amide bonds. The summed E-state index contributed by atoms with van der Waals surface area (Å²) in [5.74, 6) is 0.306. The molecule has 3 nitrogen and oxygen atoms in total. The second kappa shape index (κ2) is 6.92. The van der Waals surface area contributed by atoms with Crippen molar-refractivity contribution in [2.45, 2.75) is 37.0 Å². The number of rotatable bonds is 3. The molecule has 2 aliphatic rings. The van der Waals surface area contributed by atoms with Gasteiger partial charge in [0.1, 0.15) is 0 Å². The van der Waals surface area contributed by atoms with Gasteiger partial charge in [-0.05, 0) is 48.4 Å². The molecule has 2 atom stereocenters. The van der Waals surface area contributed by atoms with Gasteiger partial charge in [-0.2, -0.15) is 13.2 Å². The number of carbonyl (C=O) groups excluding carboxylic acids is 1. The molecule has 6 heteroatoms. The predicted molar refractivity (Wildman–Crippen MR) is 98.4 cm³/mol. The molecular weight excluding hydrogens is 367 g/mol. The zero-order chi connectivity index (χ0) is 19.9. The van der Waals surface area contributed by atoms with Crippen LogP contribution < -0.4 is 0 Å². The third kappa shape index (κ3) is 3.65. The third-order valence-electron chi connectivity index (χ3n) is 5.96. The lowest BCUT2D eigenvalue weighted by atomic mass is 9.83. The largest absolute Gasteiger partial charge is 0.416 e. The highest BCUT2D eigenvalue weighted by Crippen LogP contribution is 2.49. The summed E-state index contributed by atoms with van der Waals surface area (Å²) >= 11 is 0. The summed E-state index contributed by atoms with van der Waals surface area (Å²) in [5, 5.41) is 10.9. The fourth-order valence-corrected chi connectivity index (χ4v) is 4.14. The lowest BCUT2D eigenvalue weighted by Gasteiger charge is -2.39. The first kappa shape index (κ1) is 19.0. The van der Waals surface area contributed by atoms with Gasteiger partial charge in [0.15, 0.2) is 0 Å². The number of amides is 1. The molecule has 0 radical (unpaired) electrons. The molecule has 1 saturated heterocycles. The molecule has 148 valence electrons. The highest BCUT2D eigenvalue weighted by Gasteiger charge is 2.47. The van der Waals surface area contributed by atoms with Crippen LogP contribution in [0.3, 0.4) is 0 Å². The predicted octanol–water partition coefficient (Wildman–Crippen LogP) is 4.32. The number of alkyl halides is 3. The average molecular weight is 389 g/mol. The zero-order valence-electron chi connectivity index (χ0n) is 15.3. The maximum absolute atomic E-state index is 13.0. The van der Waals surface area contributed by atoms with Gasteiger partial charge in [0.2, 0.25) is 5.91 Å². The van der Waals surface area contributed by atoms with Crippen LogP contribution in [0.1, 0.15) is 41.9 Å². The molecular formula is C22H22F3NO2. The minimum absolute atomic E-state index is 0.0258. The highest BCUT2D eigenvalue weighted by molar-refractivity contribution is 5.83. The Morgan fingerprint density at radius 1 is 1.04 bits per heavy atom. The molecule has 1 aliphatic heterocycles. The van der Waals surface area contributed by atoms with Gasteiger partial charge in [0, 0.05) is 19.0 Å². The summed E-state index contributed by atoms with van der Waals surface area (Å²) in [6.07, 6.45) is -3.13. The Morgan fingerprint density at radius 2 is 1.71 bits per heavy atom. The van der Waals surface area contributed by atoms with Gasteiger partial charge in [0.05, 0.1) is 11.2 Å². The molecule has 1 heterocycles. The van der Waals surface area contributed by atoms with Crippen molar-refractivity contribution in [3.05, 3.63) is 71.3 Å². The first-order valence-electron chi connectivity index (χ1n) is 9.52. The summed E-state index contributed by atoms with van der Waals surface area (Å²) < 4.78 is 38.9. The zero-order valence-corrected chi connectivity index (χ0v) is 15.3. The van der Waals surface area contributed by atoms with Gasteiger partial charge in [0.25, 0.3) is 0 Å². The fourth-order valence-electron chi connectivity index (χ4n) is 4.14. The first-order valence-corrected chi connectivity index (χ1v) is 9.52. The van der Waals surface area contributed by atoms with Crippen molar-refractivity contribution in [1.82, 2.24) is 4.90 Å². The second-order valence-electron chi connectivity index (χ2n) is 7.79. The van der Waals surface area contributed by atoms with E-state index in [0.29, 0.717) is 13.1 Å². The number of nitrogens with zero attached hydrogens (tertiary/aromatic N) is 1. The van der Waals surface area contributed by atoms with E-state index in [1.165, 1.54) is 17.7 Å². The summed E-state index contributed by atoms with van der Waals surface area (Å²) in [5.41, 5.74) is -0.664. The molecule has 2 fully saturated rings. The van der Waals surface area contributed by atoms with Crippen LogP contribution >= 0.6 is 0 Å². The minimum Gasteiger partial charge on any atom is -0.385 e. The van der Waals surface area contributed by atoms with Crippen molar-refractivity contribution in [3.63, 3.8) is 0 Å². The average Bonchev–Trinajstić information content (AvgIpc) is 3.49. The van der Waals surface area contributed by atoms with E-state index >= 15 is 0 Å². The Hall–Kier alpha value is -2.34. The number of aliphatic hydroxyl groups is 1. The molecule has 2 aromatic rings. The van der Waals surface area contributed by atoms with Crippen LogP contribution in [0.2, 0.25) is 0 Å². The topological polar surface area (TPSA) is 40.5 Å². The van der Waals surface area contributed by atoms with E-state index < -0.39 is 17.3 Å². The Morgan fingerprint density at radius 3 is 2.36 bits per heavy atom. The third-order valence-corrected chi connectivity index (χ3v) is 5.96. The number of piperidine rings is 1. The Kier molecular flexibility index (Phi) is 4.70. The van der Waals surface area contributed by atoms with Crippen LogP contribution in [0.25, 0.3) is 0 Å². The van der Waals surface area contributed by atoms with E-state index in [2.05, 4.69) is 0 Å². The lowest BCUT2D eigenvalue weighted by Crippen LogP contribution is -2.45. The van der Waals surface area contributed by atoms with Gasteiger partial charge in [-0.25, -0.2) is 0 Å². The van der Waals surface area contributed by atoms with E-state index in [1.54, 1.807) is 4.90 Å². The van der Waals surface area contributed by atoms with Crippen LogP contribution in [0.4, 0.5) is 13.2 Å². The number of hydrogen-bond acceptors (Lipinski definition) is 2. The van der Waals surface area contributed by atoms with Crippen LogP contribution in [0, 0.1) is 5.92 Å². The number of hydrogen-bond donors (Lipinski definition) is 1. The van der Waals surface area contributed by atoms with E-state index in [0.717, 1.165) is 18.6 Å². The number of likely N-dealkylation sites (tertiary alicyclic amines) is 1. The summed E-state index contributed by atoms with van der Waals surface area (Å²) in [7, 11) is 0. The maximum Gasteiger partial charge on any atom is 0.416 e. The molecule has 0 bridgehead atoms. The lowest BCUT2D eigenvalue weighted by molar-refractivity contribution is -0.138. The van der Waals surface area contributed by atoms with E-state index in [-0.39, 0.29) is 36.1 Å². The van der Waals surface area contributed by atoms with E-state index in [1.807, 2.05) is 30.3 Å². The molecule has 2 aromatic carbocycles. The van der Waals surface area contributed by atoms with Crippen LogP contribution in [0.5, 0.6) is 0 Å². The minimum atomic E-state index is -4.44. The van der Waals surface area contributed by atoms with Gasteiger partial charge >= 0.3 is 6.18 Å². The normalized spacial score (nSPS) is 24.1. The van der Waals surface area contributed by atoms with Crippen LogP contribution in [-0.4, -0.2) is 29.0 Å². The van der Waals surface area contributed by atoms with Gasteiger partial charge in [-0.3, -0.25) is 4.79 Å². The van der Waals surface area contributed by atoms with Crippen molar-refractivity contribution in [2.75, 3.05) is 13.1 Å². The Bertz CT molecular complexity index is 858. The van der Waals surface area contributed by atoms with Gasteiger partial charge in [-0.15, -0.1) is 0 Å². The van der Waals surface area contributed by atoms with Crippen LogP contribution in [0.15, 0.2) is 54.6 Å². The van der Waals surface area contributed by atoms with Crippen molar-refractivity contribution in [3.8, 4) is 0 Å². The molecule has 28 heavy (non-hydrogen) atoms. The Labute approximate surface area is 161 Å². The number of halogens is 3. The molecule has 1 saturated carbocycles. The first-order chi connectivity index (χ1) is 13.3. The SMILES string of the molecule is O=C(C1CC1c1ccccc1)N1CCC(O)(c2cccc(C(F)(F)F)c2)CC1.